The summed E-state index contributed by atoms with van der Waals surface area (Å²) < 4.78 is 6.40. The van der Waals surface area contributed by atoms with Gasteiger partial charge in [0.1, 0.15) is 0 Å². The first-order valence-corrected chi connectivity index (χ1v) is 6.79. The predicted molar refractivity (Wildman–Crippen MR) is 77.4 cm³/mol. The molecule has 0 fully saturated rings. The minimum atomic E-state index is 0.841. The zero-order chi connectivity index (χ0) is 11.4. The van der Waals surface area contributed by atoms with Gasteiger partial charge < -0.3 is 10.1 Å². The van der Waals surface area contributed by atoms with Crippen LogP contribution in [0.1, 0.15) is 4.88 Å². The first kappa shape index (κ1) is 11.7. The van der Waals surface area contributed by atoms with Gasteiger partial charge in [-0.1, -0.05) is 6.07 Å². The Balaban J connectivity index is 1.96. The Morgan fingerprint density at radius 1 is 1.31 bits per heavy atom. The molecule has 0 radical (unpaired) electrons. The van der Waals surface area contributed by atoms with E-state index in [2.05, 4.69) is 58.2 Å². The molecule has 0 atom stereocenters. The van der Waals surface area contributed by atoms with Crippen LogP contribution >= 0.6 is 33.9 Å². The maximum atomic E-state index is 5.16. The molecule has 1 aromatic carbocycles. The van der Waals surface area contributed by atoms with E-state index in [-0.39, 0.29) is 0 Å². The third kappa shape index (κ3) is 3.12. The molecule has 0 unspecified atom stereocenters. The summed E-state index contributed by atoms with van der Waals surface area (Å²) >= 11 is 3.98. The molecule has 2 aromatic rings. The summed E-state index contributed by atoms with van der Waals surface area (Å²) in [5, 5.41) is 4.35. The molecule has 0 bridgehead atoms. The Hall–Kier alpha value is -0.750. The van der Waals surface area contributed by atoms with E-state index >= 15 is 0 Å². The standard InChI is InChI=1S/C12H12INOS/c1-15-12-6-5-11(16-12)8-14-10-4-2-3-9(13)7-10/h2-7,14H,8H2,1H3. The van der Waals surface area contributed by atoms with Crippen molar-refractivity contribution in [2.75, 3.05) is 12.4 Å². The molecule has 0 saturated carbocycles. The minimum Gasteiger partial charge on any atom is -0.487 e. The molecule has 1 heterocycles. The second kappa shape index (κ2) is 5.54. The zero-order valence-corrected chi connectivity index (χ0v) is 11.8. The van der Waals surface area contributed by atoms with Gasteiger partial charge in [-0.3, -0.25) is 0 Å². The molecule has 2 nitrogen and oxygen atoms in total. The predicted octanol–water partition coefficient (Wildman–Crippen LogP) is 3.97. The number of benzene rings is 1. The van der Waals surface area contributed by atoms with Crippen molar-refractivity contribution in [3.8, 4) is 5.06 Å². The van der Waals surface area contributed by atoms with Crippen molar-refractivity contribution in [2.45, 2.75) is 6.54 Å². The molecule has 0 saturated heterocycles. The van der Waals surface area contributed by atoms with Crippen molar-refractivity contribution in [2.24, 2.45) is 0 Å². The molecule has 0 spiro atoms. The molecule has 0 aliphatic rings. The minimum absolute atomic E-state index is 0.841. The quantitative estimate of drug-likeness (QED) is 0.847. The summed E-state index contributed by atoms with van der Waals surface area (Å²) in [7, 11) is 1.70. The smallest absolute Gasteiger partial charge is 0.173 e. The van der Waals surface area contributed by atoms with Gasteiger partial charge in [-0.05, 0) is 52.9 Å². The fourth-order valence-electron chi connectivity index (χ4n) is 1.35. The third-order valence-electron chi connectivity index (χ3n) is 2.13. The Kier molecular flexibility index (Phi) is 4.06. The van der Waals surface area contributed by atoms with E-state index in [0.717, 1.165) is 17.3 Å². The lowest BCUT2D eigenvalue weighted by Crippen LogP contribution is -1.96. The van der Waals surface area contributed by atoms with Gasteiger partial charge in [-0.2, -0.15) is 0 Å². The molecule has 0 amide bonds. The van der Waals surface area contributed by atoms with Gasteiger partial charge in [-0.15, -0.1) is 11.3 Å². The van der Waals surface area contributed by atoms with E-state index < -0.39 is 0 Å². The molecule has 0 aliphatic carbocycles. The van der Waals surface area contributed by atoms with Crippen LogP contribution in [-0.2, 0) is 6.54 Å². The number of rotatable bonds is 4. The zero-order valence-electron chi connectivity index (χ0n) is 8.87. The highest BCUT2D eigenvalue weighted by molar-refractivity contribution is 14.1. The maximum absolute atomic E-state index is 5.16. The van der Waals surface area contributed by atoms with Crippen LogP contribution in [0, 0.1) is 3.57 Å². The Bertz CT molecular complexity index is 470. The van der Waals surface area contributed by atoms with Crippen LogP contribution < -0.4 is 10.1 Å². The Morgan fingerprint density at radius 3 is 2.88 bits per heavy atom. The molecule has 2 rings (SSSR count). The first-order chi connectivity index (χ1) is 7.78. The van der Waals surface area contributed by atoms with Crippen molar-refractivity contribution in [3.05, 3.63) is 44.8 Å². The largest absolute Gasteiger partial charge is 0.487 e. The number of hydrogen-bond donors (Lipinski definition) is 1. The van der Waals surface area contributed by atoms with E-state index in [1.54, 1.807) is 18.4 Å². The number of thiophene rings is 1. The van der Waals surface area contributed by atoms with Crippen LogP contribution in [0.5, 0.6) is 5.06 Å². The average Bonchev–Trinajstić information content (AvgIpc) is 2.74. The number of nitrogens with one attached hydrogen (secondary N) is 1. The van der Waals surface area contributed by atoms with Gasteiger partial charge in [0.05, 0.1) is 7.11 Å². The normalized spacial score (nSPS) is 10.1. The number of ether oxygens (including phenoxy) is 1. The van der Waals surface area contributed by atoms with Crippen LogP contribution in [0.3, 0.4) is 0 Å². The maximum Gasteiger partial charge on any atom is 0.173 e. The van der Waals surface area contributed by atoms with Crippen LogP contribution in [0.15, 0.2) is 36.4 Å². The topological polar surface area (TPSA) is 21.3 Å². The summed E-state index contributed by atoms with van der Waals surface area (Å²) in [6, 6.07) is 12.4. The highest BCUT2D eigenvalue weighted by atomic mass is 127. The lowest BCUT2D eigenvalue weighted by molar-refractivity contribution is 0.427. The van der Waals surface area contributed by atoms with Crippen LogP contribution in [-0.4, -0.2) is 7.11 Å². The summed E-state index contributed by atoms with van der Waals surface area (Å²) in [6.45, 7) is 0.841. The average molecular weight is 345 g/mol. The molecule has 1 aromatic heterocycles. The highest BCUT2D eigenvalue weighted by Gasteiger charge is 1.99. The Morgan fingerprint density at radius 2 is 2.19 bits per heavy atom. The van der Waals surface area contributed by atoms with E-state index in [0.29, 0.717) is 0 Å². The lowest BCUT2D eigenvalue weighted by Gasteiger charge is -2.04. The summed E-state index contributed by atoms with van der Waals surface area (Å²) in [5.41, 5.74) is 1.15. The monoisotopic (exact) mass is 345 g/mol. The van der Waals surface area contributed by atoms with Crippen LogP contribution in [0.2, 0.25) is 0 Å². The van der Waals surface area contributed by atoms with E-state index in [1.807, 2.05) is 6.07 Å². The Labute approximate surface area is 113 Å². The first-order valence-electron chi connectivity index (χ1n) is 4.90. The fraction of sp³-hybridized carbons (Fsp3) is 0.167. The second-order valence-electron chi connectivity index (χ2n) is 3.29. The molecule has 0 aliphatic heterocycles. The molecule has 16 heavy (non-hydrogen) atoms. The van der Waals surface area contributed by atoms with Crippen molar-refractivity contribution in [3.63, 3.8) is 0 Å². The molecule has 1 N–H and O–H groups in total. The lowest BCUT2D eigenvalue weighted by atomic mass is 10.3. The fourth-order valence-corrected chi connectivity index (χ4v) is 2.65. The van der Waals surface area contributed by atoms with Gasteiger partial charge in [0.25, 0.3) is 0 Å². The van der Waals surface area contributed by atoms with E-state index in [4.69, 9.17) is 4.74 Å². The van der Waals surface area contributed by atoms with Crippen molar-refractivity contribution < 1.29 is 4.74 Å². The SMILES string of the molecule is COc1ccc(CNc2cccc(I)c2)s1. The number of anilines is 1. The molecular formula is C12H12INOS. The van der Waals surface area contributed by atoms with E-state index in [1.165, 1.54) is 8.45 Å². The molecular weight excluding hydrogens is 333 g/mol. The van der Waals surface area contributed by atoms with E-state index in [9.17, 15) is 0 Å². The van der Waals surface area contributed by atoms with Crippen LogP contribution in [0.4, 0.5) is 5.69 Å². The van der Waals surface area contributed by atoms with Gasteiger partial charge in [0.2, 0.25) is 0 Å². The number of halogens is 1. The number of hydrogen-bond acceptors (Lipinski definition) is 3. The van der Waals surface area contributed by atoms with Gasteiger partial charge >= 0.3 is 0 Å². The highest BCUT2D eigenvalue weighted by Crippen LogP contribution is 2.24. The van der Waals surface area contributed by atoms with Gasteiger partial charge in [0, 0.05) is 20.7 Å². The van der Waals surface area contributed by atoms with Crippen molar-refractivity contribution in [1.29, 1.82) is 0 Å². The summed E-state index contributed by atoms with van der Waals surface area (Å²) in [5.74, 6) is 0. The summed E-state index contributed by atoms with van der Waals surface area (Å²) in [4.78, 5) is 1.27. The molecule has 4 heteroatoms. The second-order valence-corrected chi connectivity index (χ2v) is 5.67. The van der Waals surface area contributed by atoms with Crippen molar-refractivity contribution in [1.82, 2.24) is 0 Å². The number of methoxy groups -OCH3 is 1. The van der Waals surface area contributed by atoms with Gasteiger partial charge in [-0.25, -0.2) is 0 Å². The van der Waals surface area contributed by atoms with Gasteiger partial charge in [0.15, 0.2) is 5.06 Å². The third-order valence-corrected chi connectivity index (χ3v) is 3.85. The summed E-state index contributed by atoms with van der Waals surface area (Å²) in [6.07, 6.45) is 0. The van der Waals surface area contributed by atoms with Crippen LogP contribution in [0.25, 0.3) is 0 Å². The van der Waals surface area contributed by atoms with Crippen molar-refractivity contribution >= 4 is 39.6 Å². The molecule has 84 valence electrons.